The first kappa shape index (κ1) is 32.1. The summed E-state index contributed by atoms with van der Waals surface area (Å²) in [4.78, 5) is 33.1. The first-order chi connectivity index (χ1) is 22.5. The number of nitrogens with zero attached hydrogens (tertiary/aromatic N) is 4. The quantitative estimate of drug-likeness (QED) is 0.212. The summed E-state index contributed by atoms with van der Waals surface area (Å²) >= 11 is 0. The zero-order valence-electron chi connectivity index (χ0n) is 28.0. The van der Waals surface area contributed by atoms with E-state index < -0.39 is 0 Å². The molecule has 0 radical (unpaired) electrons. The SMILES string of the molecule is COc1ccc(C(=O)N2C3CCC2CC(Cc2ccc(NC(=O)Nc4cc(C(C)(C)C)nn4-c4ccc(C)cc4)cc2)C3)c(OC)n1. The number of rotatable bonds is 8. The lowest BCUT2D eigenvalue weighted by molar-refractivity contribution is 0.0520. The molecular formula is C37H44N6O4. The number of benzene rings is 2. The third kappa shape index (κ3) is 6.96. The van der Waals surface area contributed by atoms with Crippen molar-refractivity contribution in [3.63, 3.8) is 0 Å². The van der Waals surface area contributed by atoms with Crippen LogP contribution >= 0.6 is 0 Å². The monoisotopic (exact) mass is 636 g/mol. The van der Waals surface area contributed by atoms with Crippen molar-refractivity contribution in [1.82, 2.24) is 19.7 Å². The molecule has 4 aromatic rings. The molecule has 10 nitrogen and oxygen atoms in total. The Morgan fingerprint density at radius 2 is 1.57 bits per heavy atom. The lowest BCUT2D eigenvalue weighted by Crippen LogP contribution is -2.47. The second kappa shape index (κ2) is 13.1. The molecule has 0 saturated carbocycles. The number of methoxy groups -OCH3 is 2. The Morgan fingerprint density at radius 1 is 0.894 bits per heavy atom. The van der Waals surface area contributed by atoms with E-state index in [1.165, 1.54) is 12.7 Å². The molecule has 0 aliphatic carbocycles. The fourth-order valence-electron chi connectivity index (χ4n) is 6.84. The van der Waals surface area contributed by atoms with Crippen LogP contribution in [-0.4, -0.2) is 57.9 Å². The van der Waals surface area contributed by atoms with Gasteiger partial charge in [-0.25, -0.2) is 9.48 Å². The molecule has 2 aromatic heterocycles. The Bertz CT molecular complexity index is 1730. The van der Waals surface area contributed by atoms with Gasteiger partial charge in [0, 0.05) is 35.3 Å². The minimum absolute atomic E-state index is 0.0202. The predicted octanol–water partition coefficient (Wildman–Crippen LogP) is 7.16. The number of hydrogen-bond donors (Lipinski definition) is 2. The number of amides is 3. The van der Waals surface area contributed by atoms with Gasteiger partial charge in [-0.15, -0.1) is 0 Å². The van der Waals surface area contributed by atoms with Gasteiger partial charge in [-0.05, 0) is 80.8 Å². The standard InChI is InChI=1S/C37H44N6O4/c1-23-7-13-27(14-8-23)43-32(22-31(41-43)37(2,3)4)39-36(45)38-26-11-9-24(10-12-26)19-25-20-28-15-16-29(21-25)42(28)35(44)30-17-18-33(46-5)40-34(30)47-6/h7-14,17-18,22,25,28-29H,15-16,19-21H2,1-6H3,(H2,38,39,45). The van der Waals surface area contributed by atoms with Gasteiger partial charge in [0.2, 0.25) is 11.8 Å². The number of carbonyl (C=O) groups is 2. The molecule has 2 aliphatic rings. The summed E-state index contributed by atoms with van der Waals surface area (Å²) in [5, 5.41) is 10.8. The number of aromatic nitrogens is 3. The van der Waals surface area contributed by atoms with Crippen LogP contribution in [-0.2, 0) is 11.8 Å². The molecule has 4 heterocycles. The lowest BCUT2D eigenvalue weighted by Gasteiger charge is -2.39. The van der Waals surface area contributed by atoms with Gasteiger partial charge in [-0.3, -0.25) is 10.1 Å². The van der Waals surface area contributed by atoms with Crippen molar-refractivity contribution in [3.8, 4) is 17.4 Å². The van der Waals surface area contributed by atoms with Gasteiger partial charge in [-0.2, -0.15) is 10.1 Å². The number of piperidine rings is 1. The Balaban J connectivity index is 1.07. The molecule has 2 aromatic carbocycles. The zero-order chi connectivity index (χ0) is 33.3. The molecule has 10 heteroatoms. The number of pyridine rings is 1. The second-order valence-electron chi connectivity index (χ2n) is 13.7. The molecule has 2 atom stereocenters. The highest BCUT2D eigenvalue weighted by Crippen LogP contribution is 2.41. The third-order valence-corrected chi connectivity index (χ3v) is 9.27. The van der Waals surface area contributed by atoms with Crippen molar-refractivity contribution in [2.24, 2.45) is 5.92 Å². The number of aryl methyl sites for hydroxylation is 1. The predicted molar refractivity (Wildman–Crippen MR) is 183 cm³/mol. The minimum Gasteiger partial charge on any atom is -0.481 e. The number of fused-ring (bicyclic) bond motifs is 2. The molecule has 2 saturated heterocycles. The van der Waals surface area contributed by atoms with Crippen LogP contribution in [0, 0.1) is 12.8 Å². The number of ether oxygens (including phenoxy) is 2. The highest BCUT2D eigenvalue weighted by Gasteiger charge is 2.44. The summed E-state index contributed by atoms with van der Waals surface area (Å²) in [5.41, 5.74) is 5.16. The second-order valence-corrected chi connectivity index (χ2v) is 13.7. The molecular weight excluding hydrogens is 592 g/mol. The van der Waals surface area contributed by atoms with Crippen LogP contribution < -0.4 is 20.1 Å². The van der Waals surface area contributed by atoms with E-state index in [-0.39, 0.29) is 29.4 Å². The topological polar surface area (TPSA) is 111 Å². The van der Waals surface area contributed by atoms with Gasteiger partial charge in [0.15, 0.2) is 0 Å². The smallest absolute Gasteiger partial charge is 0.324 e. The van der Waals surface area contributed by atoms with Gasteiger partial charge >= 0.3 is 6.03 Å². The van der Waals surface area contributed by atoms with Crippen molar-refractivity contribution >= 4 is 23.4 Å². The summed E-state index contributed by atoms with van der Waals surface area (Å²) in [7, 11) is 3.07. The number of urea groups is 1. The fourth-order valence-corrected chi connectivity index (χ4v) is 6.84. The Kier molecular flexibility index (Phi) is 8.94. The summed E-state index contributed by atoms with van der Waals surface area (Å²) in [6.07, 6.45) is 4.87. The van der Waals surface area contributed by atoms with E-state index in [1.807, 2.05) is 49.4 Å². The molecule has 47 heavy (non-hydrogen) atoms. The highest BCUT2D eigenvalue weighted by atomic mass is 16.5. The van der Waals surface area contributed by atoms with Gasteiger partial charge < -0.3 is 19.7 Å². The van der Waals surface area contributed by atoms with E-state index in [2.05, 4.69) is 53.4 Å². The highest BCUT2D eigenvalue weighted by molar-refractivity contribution is 5.99. The third-order valence-electron chi connectivity index (χ3n) is 9.27. The largest absolute Gasteiger partial charge is 0.481 e. The summed E-state index contributed by atoms with van der Waals surface area (Å²) in [5.74, 6) is 1.78. The molecule has 2 N–H and O–H groups in total. The van der Waals surface area contributed by atoms with Crippen molar-refractivity contribution in [2.75, 3.05) is 24.9 Å². The Labute approximate surface area is 276 Å². The summed E-state index contributed by atoms with van der Waals surface area (Å²) < 4.78 is 12.4. The van der Waals surface area contributed by atoms with Crippen LogP contribution in [0.25, 0.3) is 5.69 Å². The van der Waals surface area contributed by atoms with Crippen LogP contribution in [0.15, 0.2) is 66.7 Å². The molecule has 246 valence electrons. The lowest BCUT2D eigenvalue weighted by atomic mass is 9.85. The Morgan fingerprint density at radius 3 is 2.19 bits per heavy atom. The van der Waals surface area contributed by atoms with Gasteiger partial charge in [0.05, 0.1) is 25.6 Å². The number of carbonyl (C=O) groups excluding carboxylic acids is 2. The van der Waals surface area contributed by atoms with Crippen LogP contribution in [0.2, 0.25) is 0 Å². The van der Waals surface area contributed by atoms with Crippen molar-refractivity contribution in [2.45, 2.75) is 77.3 Å². The minimum atomic E-state index is -0.330. The number of hydrogen-bond acceptors (Lipinski definition) is 6. The van der Waals surface area contributed by atoms with Gasteiger partial charge in [0.25, 0.3) is 5.91 Å². The van der Waals surface area contributed by atoms with Crippen LogP contribution in [0.4, 0.5) is 16.3 Å². The number of nitrogens with one attached hydrogen (secondary N) is 2. The summed E-state index contributed by atoms with van der Waals surface area (Å²) in [6, 6.07) is 21.6. The molecule has 2 unspecified atom stereocenters. The van der Waals surface area contributed by atoms with Crippen molar-refractivity contribution in [1.29, 1.82) is 0 Å². The van der Waals surface area contributed by atoms with Crippen LogP contribution in [0.1, 0.15) is 73.6 Å². The molecule has 0 spiro atoms. The van der Waals surface area contributed by atoms with E-state index >= 15 is 0 Å². The average molecular weight is 637 g/mol. The molecule has 2 aliphatic heterocycles. The molecule has 2 fully saturated rings. The average Bonchev–Trinajstić information content (AvgIpc) is 3.59. The first-order valence-electron chi connectivity index (χ1n) is 16.3. The summed E-state index contributed by atoms with van der Waals surface area (Å²) in [6.45, 7) is 8.35. The first-order valence-corrected chi connectivity index (χ1v) is 16.3. The van der Waals surface area contributed by atoms with E-state index in [0.29, 0.717) is 34.7 Å². The molecule has 2 bridgehead atoms. The normalized spacial score (nSPS) is 18.9. The maximum atomic E-state index is 13.6. The van der Waals surface area contributed by atoms with Crippen molar-refractivity contribution < 1.29 is 19.1 Å². The maximum absolute atomic E-state index is 13.6. The molecule has 3 amide bonds. The Hall–Kier alpha value is -4.86. The molecule has 6 rings (SSSR count). The fraction of sp³-hybridized carbons (Fsp3) is 0.405. The van der Waals surface area contributed by atoms with E-state index in [1.54, 1.807) is 23.9 Å². The van der Waals surface area contributed by atoms with E-state index in [4.69, 9.17) is 14.6 Å². The van der Waals surface area contributed by atoms with Crippen LogP contribution in [0.3, 0.4) is 0 Å². The van der Waals surface area contributed by atoms with Gasteiger partial charge in [0.1, 0.15) is 11.4 Å². The van der Waals surface area contributed by atoms with Gasteiger partial charge in [-0.1, -0.05) is 50.6 Å². The van der Waals surface area contributed by atoms with Crippen LogP contribution in [0.5, 0.6) is 11.8 Å². The van der Waals surface area contributed by atoms with E-state index in [0.717, 1.165) is 49.0 Å². The number of anilines is 2. The zero-order valence-corrected chi connectivity index (χ0v) is 28.0. The van der Waals surface area contributed by atoms with Crippen molar-refractivity contribution in [3.05, 3.63) is 89.1 Å². The van der Waals surface area contributed by atoms with E-state index in [9.17, 15) is 9.59 Å². The maximum Gasteiger partial charge on any atom is 0.324 e.